The third kappa shape index (κ3) is 4.27. The van der Waals surface area contributed by atoms with Crippen molar-refractivity contribution in [2.24, 2.45) is 5.92 Å². The van der Waals surface area contributed by atoms with Crippen LogP contribution in [0.25, 0.3) is 0 Å². The Bertz CT molecular complexity index is 605. The Morgan fingerprint density at radius 3 is 1.88 bits per heavy atom. The van der Waals surface area contributed by atoms with Crippen LogP contribution >= 0.6 is 8.38 Å². The zero-order valence-electron chi connectivity index (χ0n) is 13.4. The zero-order valence-corrected chi connectivity index (χ0v) is 14.3. The van der Waals surface area contributed by atoms with Crippen LogP contribution in [0.2, 0.25) is 0 Å². The molecule has 2 aromatic rings. The van der Waals surface area contributed by atoms with E-state index >= 15 is 0 Å². The first-order valence-electron chi connectivity index (χ1n) is 8.22. The molecule has 0 radical (unpaired) electrons. The Hall–Kier alpha value is -2.06. The number of carboxylic acids is 1. The molecule has 0 amide bonds. The highest BCUT2D eigenvalue weighted by Gasteiger charge is 2.40. The SMILES string of the molecule is O=C(O)[C@@H]1CCCC[C@@H]1P(Oc1ccccc1)Oc1ccccc1. The number of rotatable bonds is 6. The van der Waals surface area contributed by atoms with Crippen LogP contribution in [0.1, 0.15) is 25.7 Å². The van der Waals surface area contributed by atoms with Crippen LogP contribution < -0.4 is 9.05 Å². The Balaban J connectivity index is 1.84. The van der Waals surface area contributed by atoms with Gasteiger partial charge in [0.2, 0.25) is 0 Å². The standard InChI is InChI=1S/C19H21O4P/c20-19(21)17-13-7-8-14-18(17)24(22-15-9-3-1-4-10-15)23-16-11-5-2-6-12-16/h1-6,9-12,17-18H,7-8,13-14H2,(H,20,21)/t17-,18+/m1/s1. The molecule has 24 heavy (non-hydrogen) atoms. The molecular formula is C19H21O4P. The minimum atomic E-state index is -1.38. The van der Waals surface area contributed by atoms with Crippen LogP contribution in [0.5, 0.6) is 11.5 Å². The summed E-state index contributed by atoms with van der Waals surface area (Å²) in [4.78, 5) is 11.7. The van der Waals surface area contributed by atoms with Crippen LogP contribution in [0.3, 0.4) is 0 Å². The molecule has 0 bridgehead atoms. The van der Waals surface area contributed by atoms with Crippen molar-refractivity contribution in [2.75, 3.05) is 0 Å². The fourth-order valence-corrected chi connectivity index (χ4v) is 4.91. The van der Waals surface area contributed by atoms with E-state index in [9.17, 15) is 9.90 Å². The second-order valence-corrected chi connectivity index (χ2v) is 7.49. The molecule has 3 rings (SSSR count). The topological polar surface area (TPSA) is 55.8 Å². The lowest BCUT2D eigenvalue weighted by atomic mass is 9.89. The molecule has 126 valence electrons. The van der Waals surface area contributed by atoms with E-state index in [0.717, 1.165) is 19.3 Å². The average Bonchev–Trinajstić information content (AvgIpc) is 2.63. The van der Waals surface area contributed by atoms with Crippen LogP contribution in [0.15, 0.2) is 60.7 Å². The summed E-state index contributed by atoms with van der Waals surface area (Å²) in [5.41, 5.74) is -0.105. The maximum absolute atomic E-state index is 11.7. The summed E-state index contributed by atoms with van der Waals surface area (Å²) in [5.74, 6) is 0.279. The summed E-state index contributed by atoms with van der Waals surface area (Å²) >= 11 is 0. The average molecular weight is 344 g/mol. The molecule has 1 fully saturated rings. The molecule has 0 aliphatic heterocycles. The third-order valence-electron chi connectivity index (χ3n) is 4.19. The maximum atomic E-state index is 11.7. The zero-order chi connectivity index (χ0) is 16.8. The van der Waals surface area contributed by atoms with Gasteiger partial charge in [-0.3, -0.25) is 4.79 Å². The molecule has 2 aromatic carbocycles. The minimum Gasteiger partial charge on any atom is -0.481 e. The summed E-state index contributed by atoms with van der Waals surface area (Å²) in [7, 11) is -1.38. The molecule has 1 N–H and O–H groups in total. The molecule has 2 atom stereocenters. The first kappa shape index (κ1) is 16.8. The van der Waals surface area contributed by atoms with Crippen LogP contribution in [0, 0.1) is 5.92 Å². The van der Waals surface area contributed by atoms with Gasteiger partial charge in [0.25, 0.3) is 8.38 Å². The molecule has 1 saturated carbocycles. The second kappa shape index (κ2) is 8.16. The van der Waals surface area contributed by atoms with Gasteiger partial charge in [0, 0.05) is 0 Å². The number of hydrogen-bond donors (Lipinski definition) is 1. The fourth-order valence-electron chi connectivity index (χ4n) is 2.98. The molecule has 0 heterocycles. The van der Waals surface area contributed by atoms with Gasteiger partial charge in [0.05, 0.1) is 11.6 Å². The molecule has 0 spiro atoms. The van der Waals surface area contributed by atoms with Gasteiger partial charge >= 0.3 is 5.97 Å². The first-order chi connectivity index (χ1) is 11.7. The summed E-state index contributed by atoms with van der Waals surface area (Å²) in [5, 5.41) is 9.59. The first-order valence-corrected chi connectivity index (χ1v) is 9.47. The number of carboxylic acid groups (broad SMARTS) is 1. The molecule has 0 unspecified atom stereocenters. The van der Waals surface area contributed by atoms with Crippen molar-refractivity contribution >= 4 is 14.3 Å². The van der Waals surface area contributed by atoms with E-state index in [1.54, 1.807) is 0 Å². The van der Waals surface area contributed by atoms with Crippen molar-refractivity contribution < 1.29 is 18.9 Å². The number of para-hydroxylation sites is 2. The Kier molecular flexibility index (Phi) is 5.71. The van der Waals surface area contributed by atoms with E-state index in [2.05, 4.69) is 0 Å². The Morgan fingerprint density at radius 2 is 1.38 bits per heavy atom. The van der Waals surface area contributed by atoms with Crippen molar-refractivity contribution in [3.05, 3.63) is 60.7 Å². The van der Waals surface area contributed by atoms with Gasteiger partial charge < -0.3 is 14.2 Å². The fraction of sp³-hybridized carbons (Fsp3) is 0.316. The van der Waals surface area contributed by atoms with Gasteiger partial charge in [-0.1, -0.05) is 49.2 Å². The van der Waals surface area contributed by atoms with Crippen LogP contribution in [-0.2, 0) is 4.79 Å². The Labute approximate surface area is 143 Å². The number of aliphatic carboxylic acids is 1. The van der Waals surface area contributed by atoms with Crippen molar-refractivity contribution in [1.82, 2.24) is 0 Å². The van der Waals surface area contributed by atoms with E-state index in [1.807, 2.05) is 60.7 Å². The number of benzene rings is 2. The second-order valence-electron chi connectivity index (χ2n) is 5.89. The van der Waals surface area contributed by atoms with E-state index in [1.165, 1.54) is 0 Å². The lowest BCUT2D eigenvalue weighted by molar-refractivity contribution is -0.142. The van der Waals surface area contributed by atoms with Crippen molar-refractivity contribution in [3.8, 4) is 11.5 Å². The van der Waals surface area contributed by atoms with Crippen molar-refractivity contribution in [1.29, 1.82) is 0 Å². The predicted molar refractivity (Wildman–Crippen MR) is 94.4 cm³/mol. The lowest BCUT2D eigenvalue weighted by Crippen LogP contribution is -2.32. The minimum absolute atomic E-state index is 0.105. The van der Waals surface area contributed by atoms with Gasteiger partial charge in [-0.15, -0.1) is 0 Å². The van der Waals surface area contributed by atoms with Gasteiger partial charge in [-0.25, -0.2) is 0 Å². The largest absolute Gasteiger partial charge is 0.481 e. The molecule has 4 nitrogen and oxygen atoms in total. The van der Waals surface area contributed by atoms with Gasteiger partial charge in [-0.2, -0.15) is 0 Å². The van der Waals surface area contributed by atoms with E-state index in [-0.39, 0.29) is 5.66 Å². The van der Waals surface area contributed by atoms with Gasteiger partial charge in [0.1, 0.15) is 11.5 Å². The predicted octanol–water partition coefficient (Wildman–Crippen LogP) is 5.10. The molecular weight excluding hydrogens is 323 g/mol. The van der Waals surface area contributed by atoms with Crippen molar-refractivity contribution in [3.63, 3.8) is 0 Å². The molecule has 0 saturated heterocycles. The highest BCUT2D eigenvalue weighted by atomic mass is 31.2. The van der Waals surface area contributed by atoms with Gasteiger partial charge in [-0.05, 0) is 37.1 Å². The monoisotopic (exact) mass is 344 g/mol. The molecule has 0 aromatic heterocycles. The summed E-state index contributed by atoms with van der Waals surface area (Å²) < 4.78 is 12.2. The highest BCUT2D eigenvalue weighted by molar-refractivity contribution is 7.49. The number of hydrogen-bond acceptors (Lipinski definition) is 3. The number of carbonyl (C=O) groups is 1. The third-order valence-corrected chi connectivity index (χ3v) is 6.14. The highest BCUT2D eigenvalue weighted by Crippen LogP contribution is 2.52. The van der Waals surface area contributed by atoms with Crippen molar-refractivity contribution in [2.45, 2.75) is 31.3 Å². The van der Waals surface area contributed by atoms with Crippen LogP contribution in [0.4, 0.5) is 0 Å². The van der Waals surface area contributed by atoms with Gasteiger partial charge in [0.15, 0.2) is 0 Å². The smallest absolute Gasteiger partial charge is 0.307 e. The van der Waals surface area contributed by atoms with E-state index in [4.69, 9.17) is 9.05 Å². The lowest BCUT2D eigenvalue weighted by Gasteiger charge is -2.33. The molecule has 1 aliphatic rings. The van der Waals surface area contributed by atoms with E-state index in [0.29, 0.717) is 17.9 Å². The summed E-state index contributed by atoms with van der Waals surface area (Å²) in [6.07, 6.45) is 3.48. The molecule has 1 aliphatic carbocycles. The summed E-state index contributed by atoms with van der Waals surface area (Å²) in [6, 6.07) is 19.0. The Morgan fingerprint density at radius 1 is 0.875 bits per heavy atom. The van der Waals surface area contributed by atoms with Crippen LogP contribution in [-0.4, -0.2) is 16.7 Å². The van der Waals surface area contributed by atoms with E-state index < -0.39 is 20.3 Å². The quantitative estimate of drug-likeness (QED) is 0.741. The normalized spacial score (nSPS) is 20.5. The summed E-state index contributed by atoms with van der Waals surface area (Å²) in [6.45, 7) is 0. The molecule has 5 heteroatoms. The maximum Gasteiger partial charge on any atom is 0.307 e.